The summed E-state index contributed by atoms with van der Waals surface area (Å²) < 4.78 is 33.9. The number of benzene rings is 6. The van der Waals surface area contributed by atoms with Crippen molar-refractivity contribution in [1.82, 2.24) is 9.21 Å². The van der Waals surface area contributed by atoms with Crippen LogP contribution in [0.1, 0.15) is 137 Å². The first-order valence-corrected chi connectivity index (χ1v) is 28.2. The molecule has 0 bridgehead atoms. The van der Waals surface area contributed by atoms with Gasteiger partial charge in [-0.05, 0) is 145 Å². The van der Waals surface area contributed by atoms with Crippen molar-refractivity contribution in [2.45, 2.75) is 80.1 Å². The van der Waals surface area contributed by atoms with Gasteiger partial charge in [0.2, 0.25) is 0 Å². The van der Waals surface area contributed by atoms with Crippen molar-refractivity contribution in [3.8, 4) is 34.5 Å². The van der Waals surface area contributed by atoms with E-state index in [9.17, 15) is 59.4 Å². The van der Waals surface area contributed by atoms with E-state index in [-0.39, 0.29) is 5.75 Å². The van der Waals surface area contributed by atoms with E-state index in [0.717, 1.165) is 9.21 Å². The molecule has 1 aliphatic heterocycles. The maximum absolute atomic E-state index is 13.3. The van der Waals surface area contributed by atoms with Gasteiger partial charge in [0.1, 0.15) is 56.4 Å². The highest BCUT2D eigenvalue weighted by Crippen LogP contribution is 2.78. The van der Waals surface area contributed by atoms with Crippen LogP contribution in [0.25, 0.3) is 0 Å². The summed E-state index contributed by atoms with van der Waals surface area (Å²) in [5.74, 6) is -11.6. The summed E-state index contributed by atoms with van der Waals surface area (Å²) >= 11 is 0. The standard InChI is InChI=1S/C54H54N3O18P3/c1-7-31-13-19-43(37(25-31)49(58)59)70-56-76(72-45-21-15-33(9-3)27-39(45)51(62)63)55-78(74-47-23-17-35(11-5)29-41(47)53(66)67,75-48-24-18-36(12-6)30-42(48)54(68)69)57(71-44-20-14-32(8-2)26-38(44)50(60)61)77(56)73-46-22-16-34(10-4)28-40(46)52(64)65/h13-30H,7-12H2,1-6H3,(H,58,59)(H,60,61)(H,62,63)(H,64,65)(H,66,67)(H,68,69). The zero-order chi connectivity index (χ0) is 56.6. The molecule has 1 aliphatic rings. The van der Waals surface area contributed by atoms with Crippen molar-refractivity contribution < 1.29 is 87.2 Å². The first-order chi connectivity index (χ1) is 37.3. The van der Waals surface area contributed by atoms with Gasteiger partial charge in [-0.3, -0.25) is 0 Å². The number of rotatable bonds is 24. The molecule has 0 radical (unpaired) electrons. The molecule has 6 aromatic rings. The van der Waals surface area contributed by atoms with Gasteiger partial charge in [0.15, 0.2) is 11.5 Å². The SMILES string of the molecule is CCc1ccc(ON2P(Oc3ccc(CC)cc3C(=O)O)N=P(Oc3ccc(CC)cc3C(=O)O)(Oc3ccc(CC)cc3C(=O)O)N(Oc3ccc(CC)cc3C(=O)O)P2Oc2ccc(CC)cc2C(=O)O)c(C(=O)O)c1. The molecule has 2 unspecified atom stereocenters. The first-order valence-electron chi connectivity index (χ1n) is 24.4. The third-order valence-corrected chi connectivity index (χ3v) is 18.9. The summed E-state index contributed by atoms with van der Waals surface area (Å²) in [5.41, 5.74) is 0.557. The lowest BCUT2D eigenvalue weighted by molar-refractivity contribution is 0.0481. The molecule has 0 saturated carbocycles. The van der Waals surface area contributed by atoms with Gasteiger partial charge in [0.05, 0.1) is 0 Å². The second-order valence-corrected chi connectivity index (χ2v) is 22.6. The highest BCUT2D eigenvalue weighted by atomic mass is 31.3. The third kappa shape index (κ3) is 12.7. The van der Waals surface area contributed by atoms with Gasteiger partial charge in [-0.15, -0.1) is 4.52 Å². The van der Waals surface area contributed by atoms with Crippen molar-refractivity contribution >= 4 is 60.4 Å². The van der Waals surface area contributed by atoms with Gasteiger partial charge in [-0.1, -0.05) is 77.9 Å². The van der Waals surface area contributed by atoms with Gasteiger partial charge < -0.3 is 58.4 Å². The second kappa shape index (κ2) is 25.0. The van der Waals surface area contributed by atoms with E-state index in [4.69, 9.17) is 32.3 Å². The summed E-state index contributed by atoms with van der Waals surface area (Å²) in [6.07, 6.45) is 2.17. The minimum Gasteiger partial charge on any atom is -0.478 e. The zero-order valence-corrected chi connectivity index (χ0v) is 45.6. The van der Waals surface area contributed by atoms with Crippen LogP contribution in [0.5, 0.6) is 34.5 Å². The number of carboxylic acids is 6. The van der Waals surface area contributed by atoms with Crippen LogP contribution in [-0.2, 0) is 38.5 Å². The van der Waals surface area contributed by atoms with Gasteiger partial charge in [0, 0.05) is 9.21 Å². The number of nitrogens with zero attached hydrogens (tertiary/aromatic N) is 3. The molecule has 1 heterocycles. The topological polar surface area (TPSA) is 298 Å². The van der Waals surface area contributed by atoms with Gasteiger partial charge >= 0.3 is 60.4 Å². The third-order valence-electron chi connectivity index (χ3n) is 12.1. The summed E-state index contributed by atoms with van der Waals surface area (Å²) in [6, 6.07) is 24.9. The quantitative estimate of drug-likeness (QED) is 0.0307. The molecule has 0 amide bonds. The Kier molecular flexibility index (Phi) is 18.4. The first kappa shape index (κ1) is 57.7. The molecule has 0 saturated heterocycles. The molecule has 0 aliphatic carbocycles. The lowest BCUT2D eigenvalue weighted by atomic mass is 10.1. The Morgan fingerprint density at radius 2 is 0.667 bits per heavy atom. The fourth-order valence-electron chi connectivity index (χ4n) is 7.67. The molecule has 6 aromatic carbocycles. The van der Waals surface area contributed by atoms with Crippen LogP contribution in [0.15, 0.2) is 114 Å². The Balaban J connectivity index is 1.71. The van der Waals surface area contributed by atoms with E-state index in [1.165, 1.54) is 91.0 Å². The van der Waals surface area contributed by atoms with Crippen molar-refractivity contribution in [2.75, 3.05) is 0 Å². The Labute approximate surface area is 450 Å². The second-order valence-electron chi connectivity index (χ2n) is 17.1. The Morgan fingerprint density at radius 1 is 0.397 bits per heavy atom. The average molecular weight is 1130 g/mol. The number of carboxylic acid groups (broad SMARTS) is 6. The molecule has 78 heavy (non-hydrogen) atoms. The number of carbonyl (C=O) groups is 6. The monoisotopic (exact) mass is 1130 g/mol. The highest BCUT2D eigenvalue weighted by molar-refractivity contribution is 7.78. The fraction of sp³-hybridized carbons (Fsp3) is 0.222. The molecule has 0 spiro atoms. The number of hydrogen-bond acceptors (Lipinski definition) is 15. The maximum atomic E-state index is 13.3. The summed E-state index contributed by atoms with van der Waals surface area (Å²) in [6.45, 7) is 10.7. The minimum atomic E-state index is -5.25. The van der Waals surface area contributed by atoms with Crippen LogP contribution in [0, 0.1) is 0 Å². The van der Waals surface area contributed by atoms with Crippen LogP contribution in [0.3, 0.4) is 0 Å². The van der Waals surface area contributed by atoms with Gasteiger partial charge in [-0.2, -0.15) is 0 Å². The van der Waals surface area contributed by atoms with Crippen LogP contribution in [-0.4, -0.2) is 75.7 Å². The number of aromatic carboxylic acids is 6. The smallest absolute Gasteiger partial charge is 0.447 e. The fourth-order valence-corrected chi connectivity index (χ4v) is 15.2. The number of hydrogen-bond donors (Lipinski definition) is 6. The van der Waals surface area contributed by atoms with E-state index < -0.39 is 123 Å². The Bertz CT molecular complexity index is 3320. The van der Waals surface area contributed by atoms with Crippen molar-refractivity contribution in [3.05, 3.63) is 176 Å². The van der Waals surface area contributed by atoms with Gasteiger partial charge in [-0.25, -0.2) is 28.8 Å². The molecule has 6 N–H and O–H groups in total. The largest absolute Gasteiger partial charge is 0.478 e. The van der Waals surface area contributed by atoms with E-state index in [1.807, 2.05) is 0 Å². The molecular weight excluding hydrogens is 1070 g/mol. The van der Waals surface area contributed by atoms with E-state index in [0.29, 0.717) is 71.9 Å². The van der Waals surface area contributed by atoms with Crippen LogP contribution in [0.4, 0.5) is 0 Å². The van der Waals surface area contributed by atoms with Gasteiger partial charge in [0.25, 0.3) is 0 Å². The molecule has 2 atom stereocenters. The Hall–Kier alpha value is -8.05. The minimum absolute atomic E-state index is 0.349. The highest BCUT2D eigenvalue weighted by Gasteiger charge is 2.59. The van der Waals surface area contributed by atoms with Crippen LogP contribution >= 0.6 is 24.6 Å². The average Bonchev–Trinajstić information content (AvgIpc) is 3.53. The van der Waals surface area contributed by atoms with Crippen molar-refractivity contribution in [1.29, 1.82) is 0 Å². The lowest BCUT2D eigenvalue weighted by Crippen LogP contribution is -2.38. The predicted molar refractivity (Wildman–Crippen MR) is 287 cm³/mol. The normalized spacial score (nSPS) is 15.1. The van der Waals surface area contributed by atoms with E-state index >= 15 is 0 Å². The number of aryl methyl sites for hydroxylation is 6. The Morgan fingerprint density at radius 3 is 0.987 bits per heavy atom. The molecule has 7 rings (SSSR count). The van der Waals surface area contributed by atoms with Crippen LogP contribution < -0.4 is 27.8 Å². The lowest BCUT2D eigenvalue weighted by Gasteiger charge is -2.44. The van der Waals surface area contributed by atoms with Crippen molar-refractivity contribution in [2.24, 2.45) is 4.52 Å². The summed E-state index contributed by atoms with van der Waals surface area (Å²) in [4.78, 5) is 92.8. The molecular formula is C54H54N3O18P3. The molecule has 408 valence electrons. The molecule has 0 aromatic heterocycles. The molecule has 0 fully saturated rings. The van der Waals surface area contributed by atoms with Crippen LogP contribution in [0.2, 0.25) is 0 Å². The molecule has 24 heteroatoms. The zero-order valence-electron chi connectivity index (χ0n) is 42.9. The maximum Gasteiger partial charge on any atom is 0.447 e. The molecule has 21 nitrogen and oxygen atoms in total. The predicted octanol–water partition coefficient (Wildman–Crippen LogP) is 12.9. The van der Waals surface area contributed by atoms with E-state index in [2.05, 4.69) is 0 Å². The summed E-state index contributed by atoms with van der Waals surface area (Å²) in [7, 11) is -12.0. The van der Waals surface area contributed by atoms with Crippen molar-refractivity contribution in [3.63, 3.8) is 0 Å². The van der Waals surface area contributed by atoms with E-state index in [1.54, 1.807) is 59.7 Å². The summed E-state index contributed by atoms with van der Waals surface area (Å²) in [5, 5.41) is 64.6.